The highest BCUT2D eigenvalue weighted by atomic mass is 16.5. The normalized spacial score (nSPS) is 19.0. The minimum absolute atomic E-state index is 0.0407. The third-order valence-electron chi connectivity index (χ3n) is 4.12. The van der Waals surface area contributed by atoms with E-state index >= 15 is 0 Å². The lowest BCUT2D eigenvalue weighted by molar-refractivity contribution is -0.142. The molecule has 1 heterocycles. The highest BCUT2D eigenvalue weighted by molar-refractivity contribution is 5.78. The average molecular weight is 293 g/mol. The zero-order chi connectivity index (χ0) is 15.1. The smallest absolute Gasteiger partial charge is 0.314 e. The lowest BCUT2D eigenvalue weighted by Crippen LogP contribution is -2.53. The van der Waals surface area contributed by atoms with Gasteiger partial charge < -0.3 is 19.9 Å². The van der Waals surface area contributed by atoms with Gasteiger partial charge in [-0.15, -0.1) is 0 Å². The number of nitrogens with one attached hydrogen (secondary N) is 1. The minimum Gasteiger partial charge on any atom is -0.469 e. The molecule has 1 aliphatic rings. The van der Waals surface area contributed by atoms with E-state index < -0.39 is 0 Å². The van der Waals surface area contributed by atoms with Crippen LogP contribution in [0.15, 0.2) is 30.3 Å². The van der Waals surface area contributed by atoms with Gasteiger partial charge in [0.1, 0.15) is 0 Å². The number of carbonyl (C=O) groups is 1. The Morgan fingerprint density at radius 3 is 2.62 bits per heavy atom. The molecule has 2 N–H and O–H groups in total. The third-order valence-corrected chi connectivity index (χ3v) is 4.12. The van der Waals surface area contributed by atoms with Gasteiger partial charge in [-0.3, -0.25) is 4.79 Å². The van der Waals surface area contributed by atoms with Gasteiger partial charge in [0, 0.05) is 25.3 Å². The lowest BCUT2D eigenvalue weighted by atomic mass is 9.89. The number of esters is 1. The fourth-order valence-corrected chi connectivity index (χ4v) is 2.64. The first-order chi connectivity index (χ1) is 10.2. The van der Waals surface area contributed by atoms with E-state index in [9.17, 15) is 9.90 Å². The second kappa shape index (κ2) is 7.54. The van der Waals surface area contributed by atoms with Crippen LogP contribution in [0.1, 0.15) is 24.3 Å². The summed E-state index contributed by atoms with van der Waals surface area (Å²) >= 11 is 0. The van der Waals surface area contributed by atoms with Gasteiger partial charge in [-0.2, -0.15) is 0 Å². The Hall–Kier alpha value is -1.43. The molecule has 0 spiro atoms. The number of methoxy groups -OCH3 is 1. The Labute approximate surface area is 125 Å². The van der Waals surface area contributed by atoms with Crippen molar-refractivity contribution in [1.82, 2.24) is 5.32 Å². The molecule has 0 bridgehead atoms. The molecule has 21 heavy (non-hydrogen) atoms. The maximum atomic E-state index is 12.0. The van der Waals surface area contributed by atoms with Crippen molar-refractivity contribution in [3.63, 3.8) is 0 Å². The van der Waals surface area contributed by atoms with E-state index in [1.54, 1.807) is 0 Å². The van der Waals surface area contributed by atoms with Crippen molar-refractivity contribution in [2.24, 2.45) is 0 Å². The van der Waals surface area contributed by atoms with Crippen LogP contribution >= 0.6 is 0 Å². The molecule has 0 amide bonds. The fraction of sp³-hybridized carbons (Fsp3) is 0.562. The molecule has 5 heteroatoms. The zero-order valence-electron chi connectivity index (χ0n) is 12.4. The molecule has 1 aromatic rings. The summed E-state index contributed by atoms with van der Waals surface area (Å²) in [5.41, 5.74) is 0.552. The first-order valence-electron chi connectivity index (χ1n) is 7.27. The number of hydrogen-bond acceptors (Lipinski definition) is 5. The third kappa shape index (κ3) is 4.03. The summed E-state index contributed by atoms with van der Waals surface area (Å²) in [6.07, 6.45) is 1.48. The van der Waals surface area contributed by atoms with Crippen LogP contribution in [0.2, 0.25) is 0 Å². The van der Waals surface area contributed by atoms with E-state index in [1.807, 2.05) is 30.3 Å². The van der Waals surface area contributed by atoms with E-state index in [0.29, 0.717) is 19.8 Å². The summed E-state index contributed by atoms with van der Waals surface area (Å²) in [5, 5.41) is 13.1. The molecule has 0 aliphatic carbocycles. The zero-order valence-corrected chi connectivity index (χ0v) is 12.4. The molecule has 1 aliphatic heterocycles. The van der Waals surface area contributed by atoms with Crippen molar-refractivity contribution in [3.05, 3.63) is 35.9 Å². The molecule has 1 saturated heterocycles. The molecule has 5 nitrogen and oxygen atoms in total. The van der Waals surface area contributed by atoms with Gasteiger partial charge in [-0.25, -0.2) is 0 Å². The second-order valence-corrected chi connectivity index (χ2v) is 5.42. The summed E-state index contributed by atoms with van der Waals surface area (Å²) in [4.78, 5) is 12.0. The first-order valence-corrected chi connectivity index (χ1v) is 7.27. The highest BCUT2D eigenvalue weighted by Gasteiger charge is 2.33. The molecule has 1 fully saturated rings. The van der Waals surface area contributed by atoms with Crippen molar-refractivity contribution >= 4 is 5.97 Å². The van der Waals surface area contributed by atoms with E-state index in [2.05, 4.69) is 5.32 Å². The molecular weight excluding hydrogens is 270 g/mol. The topological polar surface area (TPSA) is 67.8 Å². The van der Waals surface area contributed by atoms with Crippen molar-refractivity contribution in [1.29, 1.82) is 0 Å². The van der Waals surface area contributed by atoms with Crippen molar-refractivity contribution in [3.8, 4) is 0 Å². The van der Waals surface area contributed by atoms with Gasteiger partial charge in [0.25, 0.3) is 0 Å². The number of hydrogen-bond donors (Lipinski definition) is 2. The van der Waals surface area contributed by atoms with Gasteiger partial charge in [0.15, 0.2) is 0 Å². The van der Waals surface area contributed by atoms with E-state index in [1.165, 1.54) is 7.11 Å². The van der Waals surface area contributed by atoms with Crippen molar-refractivity contribution < 1.29 is 19.4 Å². The quantitative estimate of drug-likeness (QED) is 0.768. The Morgan fingerprint density at radius 2 is 2.05 bits per heavy atom. The van der Waals surface area contributed by atoms with Gasteiger partial charge in [0.2, 0.25) is 0 Å². The molecule has 1 aromatic carbocycles. The second-order valence-electron chi connectivity index (χ2n) is 5.42. The van der Waals surface area contributed by atoms with Gasteiger partial charge in [-0.05, 0) is 18.4 Å². The molecule has 0 aromatic heterocycles. The standard InChI is InChI=1S/C16H23NO4/c1-20-15(19)14(13-5-3-2-4-6-13)11-17-16(12-18)7-9-21-10-8-16/h2-6,14,17-18H,7-12H2,1H3. The van der Waals surface area contributed by atoms with Gasteiger partial charge >= 0.3 is 5.97 Å². The van der Waals surface area contributed by atoms with Crippen LogP contribution in [0.5, 0.6) is 0 Å². The Morgan fingerprint density at radius 1 is 1.38 bits per heavy atom. The van der Waals surface area contributed by atoms with Crippen LogP contribution in [-0.2, 0) is 14.3 Å². The summed E-state index contributed by atoms with van der Waals surface area (Å²) in [6, 6.07) is 9.56. The number of carbonyl (C=O) groups excluding carboxylic acids is 1. The van der Waals surface area contributed by atoms with Crippen LogP contribution < -0.4 is 5.32 Å². The maximum absolute atomic E-state index is 12.0. The Balaban J connectivity index is 2.07. The fourth-order valence-electron chi connectivity index (χ4n) is 2.64. The average Bonchev–Trinajstić information content (AvgIpc) is 2.56. The summed E-state index contributed by atoms with van der Waals surface area (Å²) in [5.74, 6) is -0.642. The minimum atomic E-state index is -0.373. The molecular formula is C16H23NO4. The van der Waals surface area contributed by atoms with Gasteiger partial charge in [0.05, 0.1) is 19.6 Å². The van der Waals surface area contributed by atoms with Crippen molar-refractivity contribution in [2.45, 2.75) is 24.3 Å². The SMILES string of the molecule is COC(=O)C(CNC1(CO)CCOCC1)c1ccccc1. The van der Waals surface area contributed by atoms with E-state index in [0.717, 1.165) is 18.4 Å². The van der Waals surface area contributed by atoms with Crippen LogP contribution in [0.25, 0.3) is 0 Å². The number of ether oxygens (including phenoxy) is 2. The van der Waals surface area contributed by atoms with E-state index in [-0.39, 0.29) is 24.0 Å². The summed E-state index contributed by atoms with van der Waals surface area (Å²) < 4.78 is 10.3. The number of aliphatic hydroxyl groups is 1. The Bertz CT molecular complexity index is 443. The molecule has 1 unspecified atom stereocenters. The molecule has 0 saturated carbocycles. The molecule has 116 valence electrons. The van der Waals surface area contributed by atoms with E-state index in [4.69, 9.17) is 9.47 Å². The summed E-state index contributed by atoms with van der Waals surface area (Å²) in [7, 11) is 1.40. The Kier molecular flexibility index (Phi) is 5.73. The lowest BCUT2D eigenvalue weighted by Gasteiger charge is -2.37. The number of benzene rings is 1. The molecule has 2 rings (SSSR count). The van der Waals surface area contributed by atoms with Crippen molar-refractivity contribution in [2.75, 3.05) is 33.5 Å². The molecule has 0 radical (unpaired) electrons. The monoisotopic (exact) mass is 293 g/mol. The number of rotatable bonds is 6. The van der Waals surface area contributed by atoms with Crippen LogP contribution in [0.4, 0.5) is 0 Å². The molecule has 1 atom stereocenters. The first kappa shape index (κ1) is 15.9. The predicted octanol–water partition coefficient (Wildman–Crippen LogP) is 1.07. The van der Waals surface area contributed by atoms with Crippen LogP contribution in [-0.4, -0.2) is 50.1 Å². The van der Waals surface area contributed by atoms with Crippen LogP contribution in [0.3, 0.4) is 0 Å². The van der Waals surface area contributed by atoms with Crippen LogP contribution in [0, 0.1) is 0 Å². The maximum Gasteiger partial charge on any atom is 0.314 e. The highest BCUT2D eigenvalue weighted by Crippen LogP contribution is 2.23. The predicted molar refractivity (Wildman–Crippen MR) is 79.1 cm³/mol. The summed E-state index contributed by atoms with van der Waals surface area (Å²) in [6.45, 7) is 1.74. The largest absolute Gasteiger partial charge is 0.469 e. The number of aliphatic hydroxyl groups excluding tert-OH is 1. The van der Waals surface area contributed by atoms with Gasteiger partial charge in [-0.1, -0.05) is 30.3 Å².